The van der Waals surface area contributed by atoms with E-state index in [0.29, 0.717) is 41.1 Å². The number of amides is 2. The molecule has 1 heterocycles. The maximum Gasteiger partial charge on any atom is 0.255 e. The van der Waals surface area contributed by atoms with E-state index in [-0.39, 0.29) is 5.91 Å². The number of halogens is 1. The Morgan fingerprint density at radius 3 is 2.44 bits per heavy atom. The lowest BCUT2D eigenvalue weighted by Gasteiger charge is -2.35. The van der Waals surface area contributed by atoms with Crippen LogP contribution in [0.4, 0.5) is 0 Å². The lowest BCUT2D eigenvalue weighted by atomic mass is 9.93. The van der Waals surface area contributed by atoms with Crippen molar-refractivity contribution in [2.45, 2.75) is 25.6 Å². The standard InChI is InChI=1S/C25H23BrN2O4/c1-31-22-13-19(11-20(26)23(22)32-15-16-7-3-2-4-8-16)25(30)28-14-18-10-6-5-9-17(18)12-21(28)24(27)29/h2-11,13,21H,12,14-15H2,1H3,(H2,27,29)/t21-/m1/s1. The van der Waals surface area contributed by atoms with E-state index >= 15 is 0 Å². The van der Waals surface area contributed by atoms with E-state index in [0.717, 1.165) is 16.7 Å². The predicted molar refractivity (Wildman–Crippen MR) is 124 cm³/mol. The van der Waals surface area contributed by atoms with Gasteiger partial charge in [-0.1, -0.05) is 54.6 Å². The smallest absolute Gasteiger partial charge is 0.255 e. The number of carbonyl (C=O) groups is 2. The number of methoxy groups -OCH3 is 1. The minimum Gasteiger partial charge on any atom is -0.493 e. The summed E-state index contributed by atoms with van der Waals surface area (Å²) in [7, 11) is 1.52. The Hall–Kier alpha value is -3.32. The highest BCUT2D eigenvalue weighted by atomic mass is 79.9. The van der Waals surface area contributed by atoms with Gasteiger partial charge >= 0.3 is 0 Å². The summed E-state index contributed by atoms with van der Waals surface area (Å²) >= 11 is 3.51. The number of primary amides is 1. The van der Waals surface area contributed by atoms with Gasteiger partial charge in [-0.05, 0) is 44.8 Å². The molecule has 1 aliphatic heterocycles. The molecule has 1 aliphatic rings. The third-order valence-electron chi connectivity index (χ3n) is 5.54. The molecule has 0 aromatic heterocycles. The minimum atomic E-state index is -0.712. The topological polar surface area (TPSA) is 81.9 Å². The van der Waals surface area contributed by atoms with E-state index in [1.54, 1.807) is 12.1 Å². The minimum absolute atomic E-state index is 0.295. The second-order valence-corrected chi connectivity index (χ2v) is 8.44. The highest BCUT2D eigenvalue weighted by Crippen LogP contribution is 2.38. The Bertz CT molecular complexity index is 1150. The quantitative estimate of drug-likeness (QED) is 0.559. The van der Waals surface area contributed by atoms with Crippen LogP contribution < -0.4 is 15.2 Å². The molecule has 2 N–H and O–H groups in total. The molecule has 3 aromatic carbocycles. The summed E-state index contributed by atoms with van der Waals surface area (Å²) < 4.78 is 12.1. The molecule has 0 spiro atoms. The maximum atomic E-state index is 13.4. The third-order valence-corrected chi connectivity index (χ3v) is 6.13. The molecule has 0 aliphatic carbocycles. The van der Waals surface area contributed by atoms with Gasteiger partial charge < -0.3 is 20.1 Å². The molecule has 3 aromatic rings. The van der Waals surface area contributed by atoms with E-state index in [1.165, 1.54) is 12.0 Å². The van der Waals surface area contributed by atoms with Crippen molar-refractivity contribution in [3.05, 3.63) is 93.5 Å². The van der Waals surface area contributed by atoms with Gasteiger partial charge in [-0.15, -0.1) is 0 Å². The monoisotopic (exact) mass is 494 g/mol. The SMILES string of the molecule is COc1cc(C(=O)N2Cc3ccccc3C[C@@H]2C(N)=O)cc(Br)c1OCc1ccccc1. The van der Waals surface area contributed by atoms with Crippen molar-refractivity contribution in [2.75, 3.05) is 7.11 Å². The molecule has 6 nitrogen and oxygen atoms in total. The lowest BCUT2D eigenvalue weighted by molar-refractivity contribution is -0.122. The van der Waals surface area contributed by atoms with Gasteiger partial charge in [0.25, 0.3) is 5.91 Å². The number of carbonyl (C=O) groups excluding carboxylic acids is 2. The summed E-state index contributed by atoms with van der Waals surface area (Å²) in [6, 6.07) is 20.1. The number of ether oxygens (including phenoxy) is 2. The number of hydrogen-bond donors (Lipinski definition) is 1. The fraction of sp³-hybridized carbons (Fsp3) is 0.200. The van der Waals surface area contributed by atoms with Crippen LogP contribution >= 0.6 is 15.9 Å². The zero-order valence-corrected chi connectivity index (χ0v) is 19.2. The van der Waals surface area contributed by atoms with Gasteiger partial charge in [-0.3, -0.25) is 9.59 Å². The first kappa shape index (κ1) is 21.9. The normalized spacial score (nSPS) is 15.1. The molecule has 2 amide bonds. The summed E-state index contributed by atoms with van der Waals surface area (Å²) in [5.41, 5.74) is 9.08. The number of fused-ring (bicyclic) bond motifs is 1. The molecule has 0 fully saturated rings. The Kier molecular flexibility index (Phi) is 6.46. The molecule has 1 atom stereocenters. The van der Waals surface area contributed by atoms with E-state index in [9.17, 15) is 9.59 Å². The first-order valence-electron chi connectivity index (χ1n) is 10.2. The highest BCUT2D eigenvalue weighted by Gasteiger charge is 2.34. The second kappa shape index (κ2) is 9.44. The summed E-state index contributed by atoms with van der Waals surface area (Å²) in [6.07, 6.45) is 0.397. The van der Waals surface area contributed by atoms with Gasteiger partial charge in [0.05, 0.1) is 11.6 Å². The summed E-state index contributed by atoms with van der Waals surface area (Å²) in [5.74, 6) is 0.105. The number of nitrogens with zero attached hydrogens (tertiary/aromatic N) is 1. The Morgan fingerprint density at radius 1 is 1.06 bits per heavy atom. The Morgan fingerprint density at radius 2 is 1.75 bits per heavy atom. The van der Waals surface area contributed by atoms with Crippen LogP contribution in [0.25, 0.3) is 0 Å². The van der Waals surface area contributed by atoms with Gasteiger partial charge in [0.15, 0.2) is 11.5 Å². The van der Waals surface area contributed by atoms with E-state index in [4.69, 9.17) is 15.2 Å². The molecule has 0 saturated carbocycles. The first-order chi connectivity index (χ1) is 15.5. The number of nitrogens with two attached hydrogens (primary N) is 1. The zero-order chi connectivity index (χ0) is 22.7. The summed E-state index contributed by atoms with van der Waals surface area (Å²) in [6.45, 7) is 0.671. The van der Waals surface area contributed by atoms with Crippen molar-refractivity contribution in [3.8, 4) is 11.5 Å². The zero-order valence-electron chi connectivity index (χ0n) is 17.6. The molecule has 0 saturated heterocycles. The van der Waals surface area contributed by atoms with Crippen LogP contribution in [0, 0.1) is 0 Å². The Labute approximate surface area is 195 Å². The van der Waals surface area contributed by atoms with E-state index < -0.39 is 11.9 Å². The average molecular weight is 495 g/mol. The van der Waals surface area contributed by atoms with Crippen LogP contribution in [-0.4, -0.2) is 29.9 Å². The van der Waals surface area contributed by atoms with Crippen LogP contribution in [-0.2, 0) is 24.4 Å². The fourth-order valence-electron chi connectivity index (χ4n) is 3.87. The first-order valence-corrected chi connectivity index (χ1v) is 11.0. The van der Waals surface area contributed by atoms with Gasteiger partial charge in [0.1, 0.15) is 12.6 Å². The van der Waals surface area contributed by atoms with Crippen molar-refractivity contribution in [3.63, 3.8) is 0 Å². The number of rotatable bonds is 6. The van der Waals surface area contributed by atoms with Crippen LogP contribution in [0.5, 0.6) is 11.5 Å². The number of hydrogen-bond acceptors (Lipinski definition) is 4. The van der Waals surface area contributed by atoms with E-state index in [1.807, 2.05) is 54.6 Å². The highest BCUT2D eigenvalue weighted by molar-refractivity contribution is 9.10. The van der Waals surface area contributed by atoms with Gasteiger partial charge in [0.2, 0.25) is 5.91 Å². The van der Waals surface area contributed by atoms with Gasteiger partial charge in [-0.2, -0.15) is 0 Å². The number of benzene rings is 3. The van der Waals surface area contributed by atoms with Crippen molar-refractivity contribution in [1.82, 2.24) is 4.90 Å². The molecule has 0 bridgehead atoms. The van der Waals surface area contributed by atoms with Crippen LogP contribution in [0.1, 0.15) is 27.0 Å². The molecule has 0 unspecified atom stereocenters. The third kappa shape index (κ3) is 4.48. The molecular formula is C25H23BrN2O4. The van der Waals surface area contributed by atoms with Crippen LogP contribution in [0.15, 0.2) is 71.2 Å². The second-order valence-electron chi connectivity index (χ2n) is 7.59. The summed E-state index contributed by atoms with van der Waals surface area (Å²) in [5, 5.41) is 0. The lowest BCUT2D eigenvalue weighted by Crippen LogP contribution is -2.51. The van der Waals surface area contributed by atoms with Gasteiger partial charge in [-0.25, -0.2) is 0 Å². The van der Waals surface area contributed by atoms with Gasteiger partial charge in [0, 0.05) is 18.5 Å². The van der Waals surface area contributed by atoms with Crippen molar-refractivity contribution < 1.29 is 19.1 Å². The van der Waals surface area contributed by atoms with Crippen molar-refractivity contribution >= 4 is 27.7 Å². The average Bonchev–Trinajstić information content (AvgIpc) is 2.82. The Balaban J connectivity index is 1.62. The van der Waals surface area contributed by atoms with Crippen molar-refractivity contribution in [1.29, 1.82) is 0 Å². The van der Waals surface area contributed by atoms with E-state index in [2.05, 4.69) is 15.9 Å². The van der Waals surface area contributed by atoms with Crippen LogP contribution in [0.3, 0.4) is 0 Å². The van der Waals surface area contributed by atoms with Crippen LogP contribution in [0.2, 0.25) is 0 Å². The maximum absolute atomic E-state index is 13.4. The largest absolute Gasteiger partial charge is 0.493 e. The molecule has 7 heteroatoms. The molecule has 0 radical (unpaired) electrons. The molecule has 32 heavy (non-hydrogen) atoms. The molecule has 164 valence electrons. The predicted octanol–water partition coefficient (Wildman–Crippen LogP) is 4.09. The summed E-state index contributed by atoms with van der Waals surface area (Å²) in [4.78, 5) is 27.1. The molecular weight excluding hydrogens is 472 g/mol. The van der Waals surface area contributed by atoms with Crippen molar-refractivity contribution in [2.24, 2.45) is 5.73 Å². The molecule has 4 rings (SSSR count). The fourth-order valence-corrected chi connectivity index (χ4v) is 4.43.